The molecule has 0 saturated carbocycles. The molecule has 9 nitrogen and oxygen atoms in total. The van der Waals surface area contributed by atoms with Crippen molar-refractivity contribution < 1.29 is 42.9 Å². The molecule has 0 heterocycles. The fraction of sp³-hybridized carbons (Fsp3) is 0.753. The summed E-state index contributed by atoms with van der Waals surface area (Å²) in [7, 11) is 5.94. The molecule has 0 aromatic carbocycles. The number of nitrogens with zero attached hydrogens (tertiary/aromatic N) is 1. The van der Waals surface area contributed by atoms with Gasteiger partial charge in [0.05, 0.1) is 40.3 Å². The fourth-order valence-electron chi connectivity index (χ4n) is 12.5. The van der Waals surface area contributed by atoms with Gasteiger partial charge in [0.15, 0.2) is 12.4 Å². The Morgan fingerprint density at radius 1 is 0.304 bits per heavy atom. The van der Waals surface area contributed by atoms with Crippen molar-refractivity contribution in [1.29, 1.82) is 0 Å². The maximum atomic E-state index is 13.0. The van der Waals surface area contributed by atoms with E-state index in [0.717, 1.165) is 109 Å². The minimum absolute atomic E-state index is 0.142. The molecule has 0 radical (unpaired) electrons. The number of aliphatic carboxylic acids is 1. The van der Waals surface area contributed by atoms with Crippen LogP contribution >= 0.6 is 0 Å². The Hall–Kier alpha value is -4.31. The minimum atomic E-state index is -1.63. The molecule has 9 heteroatoms. The van der Waals surface area contributed by atoms with Crippen LogP contribution in [0.5, 0.6) is 0 Å². The van der Waals surface area contributed by atoms with Crippen LogP contribution in [0, 0.1) is 0 Å². The van der Waals surface area contributed by atoms with Gasteiger partial charge in [-0.15, -0.1) is 0 Å². The van der Waals surface area contributed by atoms with Gasteiger partial charge in [0.25, 0.3) is 0 Å². The molecule has 0 rings (SSSR count). The highest BCUT2D eigenvalue weighted by atomic mass is 16.7. The number of likely N-dealkylation sites (N-methyl/N-ethyl adjacent to an activating group) is 1. The molecular weight excluding hydrogens is 1260 g/mol. The average Bonchev–Trinajstić information content (AvgIpc) is 0.997. The Morgan fingerprint density at radius 3 is 0.833 bits per heavy atom. The lowest BCUT2D eigenvalue weighted by molar-refractivity contribution is -0.870. The van der Waals surface area contributed by atoms with Crippen LogP contribution in [0.1, 0.15) is 393 Å². The summed E-state index contributed by atoms with van der Waals surface area (Å²) < 4.78 is 22.9. The molecule has 0 aromatic heterocycles. The summed E-state index contributed by atoms with van der Waals surface area (Å²) in [5.41, 5.74) is 0. The highest BCUT2D eigenvalue weighted by molar-refractivity contribution is 5.70. The number of esters is 2. The Bertz CT molecular complexity index is 2100. The minimum Gasteiger partial charge on any atom is -0.545 e. The van der Waals surface area contributed by atoms with Crippen molar-refractivity contribution in [2.75, 3.05) is 47.5 Å². The van der Waals surface area contributed by atoms with E-state index in [4.69, 9.17) is 18.9 Å². The highest BCUT2D eigenvalue weighted by Crippen LogP contribution is 2.20. The number of unbranched alkanes of at least 4 members (excludes halogenated alkanes) is 45. The van der Waals surface area contributed by atoms with Gasteiger partial charge in [0.2, 0.25) is 0 Å². The van der Waals surface area contributed by atoms with Crippen LogP contribution in [0.25, 0.3) is 0 Å². The van der Waals surface area contributed by atoms with Crippen molar-refractivity contribution >= 4 is 17.9 Å². The third-order valence-electron chi connectivity index (χ3n) is 19.0. The molecule has 0 aliphatic rings. The van der Waals surface area contributed by atoms with Gasteiger partial charge in [-0.1, -0.05) is 411 Å². The van der Waals surface area contributed by atoms with E-state index < -0.39 is 24.3 Å². The summed E-state index contributed by atoms with van der Waals surface area (Å²) in [4.78, 5) is 37.7. The summed E-state index contributed by atoms with van der Waals surface area (Å²) in [6.07, 6.45) is 115. The standard InChI is InChI=1S/C93H163NO8/c1-6-8-10-12-14-16-18-20-22-24-26-28-30-32-34-36-38-40-42-44-46-48-50-52-54-56-58-60-62-64-66-68-70-72-74-76-78-80-82-84-91(96)102-89(88-101-93(92(97)98)99-86-85-94(3,4)5)87-100-90(95)83-81-79-77-75-73-71-69-67-65-63-61-59-57-55-53-51-49-47-45-43-41-39-37-35-33-31-29-27-25-23-21-19-17-15-13-11-9-7-2/h8,10,14,16,20,22,26,28,32,34,38,40,44,46,50,52,56,58,62,64,89,93H,6-7,9,11-13,15,17-19,21,23-25,27,29-31,33,35-37,39,41-43,45,47-49,51,53-55,57,59-61,63,65-88H2,1-5H3/b10-8-,16-14-,22-20-,28-26-,34-32-,40-38-,46-44-,52-50-,58-56-,64-62-. The molecule has 0 N–H and O–H groups in total. The Morgan fingerprint density at radius 2 is 0.559 bits per heavy atom. The van der Waals surface area contributed by atoms with E-state index in [9.17, 15) is 19.5 Å². The molecule has 2 unspecified atom stereocenters. The van der Waals surface area contributed by atoms with Gasteiger partial charge in [0.1, 0.15) is 13.2 Å². The summed E-state index contributed by atoms with van der Waals surface area (Å²) in [5, 5.41) is 11.9. The van der Waals surface area contributed by atoms with Crippen LogP contribution in [0.2, 0.25) is 0 Å². The molecule has 102 heavy (non-hydrogen) atoms. The zero-order valence-electron chi connectivity index (χ0n) is 67.5. The quantitative estimate of drug-likeness (QED) is 0.0195. The number of carboxylic acid groups (broad SMARTS) is 1. The van der Waals surface area contributed by atoms with Crippen molar-refractivity contribution in [3.8, 4) is 0 Å². The van der Waals surface area contributed by atoms with Gasteiger partial charge >= 0.3 is 11.9 Å². The van der Waals surface area contributed by atoms with Gasteiger partial charge < -0.3 is 33.3 Å². The lowest BCUT2D eigenvalue weighted by atomic mass is 10.0. The number of ether oxygens (including phenoxy) is 4. The van der Waals surface area contributed by atoms with Crippen molar-refractivity contribution in [1.82, 2.24) is 0 Å². The summed E-state index contributed by atoms with van der Waals surface area (Å²) in [6.45, 7) is 4.67. The predicted octanol–water partition coefficient (Wildman–Crippen LogP) is 26.9. The molecule has 0 spiro atoms. The van der Waals surface area contributed by atoms with Crippen molar-refractivity contribution in [2.24, 2.45) is 0 Å². The summed E-state index contributed by atoms with van der Waals surface area (Å²) in [6, 6.07) is 0. The first kappa shape index (κ1) is 97.7. The SMILES string of the molecule is CC/C=C\C/C=C\C/C=C\C/C=C\C/C=C\C/C=C\C/C=C\C/C=C\C/C=C\C/C=C\CCCCCCCCCCC(=O)OC(COC(=O)CCCCCCCCCCCCCCCCCCCCCCCCCCCCCCCCCCCCCCCC)COC(OCC[N+](C)(C)C)C(=O)[O-]. The zero-order valence-corrected chi connectivity index (χ0v) is 67.5. The highest BCUT2D eigenvalue weighted by Gasteiger charge is 2.22. The number of carbonyl (C=O) groups is 3. The first-order valence-corrected chi connectivity index (χ1v) is 43.2. The van der Waals surface area contributed by atoms with Crippen molar-refractivity contribution in [3.05, 3.63) is 122 Å². The smallest absolute Gasteiger partial charge is 0.306 e. The lowest BCUT2D eigenvalue weighted by Gasteiger charge is -2.26. The molecular formula is C93H163NO8. The number of carboxylic acids is 1. The van der Waals surface area contributed by atoms with Crippen LogP contribution in [0.3, 0.4) is 0 Å². The second-order valence-corrected chi connectivity index (χ2v) is 30.1. The third-order valence-corrected chi connectivity index (χ3v) is 19.0. The monoisotopic (exact) mass is 1420 g/mol. The number of hydrogen-bond donors (Lipinski definition) is 0. The molecule has 2 atom stereocenters. The molecule has 588 valence electrons. The number of carbonyl (C=O) groups excluding carboxylic acids is 3. The number of allylic oxidation sites excluding steroid dienone is 20. The molecule has 0 aliphatic heterocycles. The predicted molar refractivity (Wildman–Crippen MR) is 440 cm³/mol. The summed E-state index contributed by atoms with van der Waals surface area (Å²) >= 11 is 0. The van der Waals surface area contributed by atoms with Crippen LogP contribution in [-0.2, 0) is 33.3 Å². The van der Waals surface area contributed by atoms with Crippen LogP contribution in [0.4, 0.5) is 0 Å². The number of rotatable bonds is 80. The van der Waals surface area contributed by atoms with E-state index in [1.54, 1.807) is 0 Å². The van der Waals surface area contributed by atoms with Crippen LogP contribution in [0.15, 0.2) is 122 Å². The number of quaternary nitrogens is 1. The van der Waals surface area contributed by atoms with Gasteiger partial charge in [-0.2, -0.15) is 0 Å². The van der Waals surface area contributed by atoms with Gasteiger partial charge in [-0.05, 0) is 89.9 Å². The lowest BCUT2D eigenvalue weighted by Crippen LogP contribution is -2.44. The Kier molecular flexibility index (Phi) is 78.9. The molecule has 0 amide bonds. The molecule has 0 aliphatic carbocycles. The largest absolute Gasteiger partial charge is 0.545 e. The van der Waals surface area contributed by atoms with Crippen LogP contribution in [-0.4, -0.2) is 82.3 Å². The van der Waals surface area contributed by atoms with E-state index in [-0.39, 0.29) is 38.6 Å². The summed E-state index contributed by atoms with van der Waals surface area (Å²) in [5.74, 6) is -2.28. The van der Waals surface area contributed by atoms with E-state index in [2.05, 4.69) is 135 Å². The normalized spacial score (nSPS) is 13.2. The molecule has 0 bridgehead atoms. The van der Waals surface area contributed by atoms with E-state index in [0.29, 0.717) is 17.4 Å². The van der Waals surface area contributed by atoms with Crippen molar-refractivity contribution in [3.63, 3.8) is 0 Å². The first-order valence-electron chi connectivity index (χ1n) is 43.2. The Balaban J connectivity index is 4.02. The van der Waals surface area contributed by atoms with Gasteiger partial charge in [-0.3, -0.25) is 9.59 Å². The fourth-order valence-corrected chi connectivity index (χ4v) is 12.5. The third kappa shape index (κ3) is 83.0. The van der Waals surface area contributed by atoms with Gasteiger partial charge in [-0.25, -0.2) is 0 Å². The molecule has 0 aromatic rings. The van der Waals surface area contributed by atoms with Crippen molar-refractivity contribution in [2.45, 2.75) is 405 Å². The number of hydrogen-bond acceptors (Lipinski definition) is 8. The second kappa shape index (κ2) is 82.3. The average molecular weight is 1420 g/mol. The molecule has 0 saturated heterocycles. The van der Waals surface area contributed by atoms with E-state index >= 15 is 0 Å². The Labute approximate surface area is 631 Å². The van der Waals surface area contributed by atoms with Crippen LogP contribution < -0.4 is 5.11 Å². The maximum absolute atomic E-state index is 13.0. The second-order valence-electron chi connectivity index (χ2n) is 30.1. The van der Waals surface area contributed by atoms with E-state index in [1.807, 2.05) is 21.1 Å². The maximum Gasteiger partial charge on any atom is 0.306 e. The van der Waals surface area contributed by atoms with E-state index in [1.165, 1.54) is 250 Å². The first-order chi connectivity index (χ1) is 50.1. The molecule has 0 fully saturated rings. The zero-order chi connectivity index (χ0) is 73.9. The van der Waals surface area contributed by atoms with Gasteiger partial charge in [0, 0.05) is 12.8 Å². The topological polar surface area (TPSA) is 111 Å².